The number of benzene rings is 1. The van der Waals surface area contributed by atoms with Gasteiger partial charge in [0.25, 0.3) is 0 Å². The number of cyclic esters (lactones) is 1. The zero-order chi connectivity index (χ0) is 18.3. The van der Waals surface area contributed by atoms with Crippen molar-refractivity contribution in [3.8, 4) is 0 Å². The van der Waals surface area contributed by atoms with E-state index in [4.69, 9.17) is 15.3 Å². The van der Waals surface area contributed by atoms with Crippen molar-refractivity contribution in [2.24, 2.45) is 11.7 Å². The van der Waals surface area contributed by atoms with E-state index in [1.54, 1.807) is 6.92 Å². The fourth-order valence-corrected chi connectivity index (χ4v) is 2.07. The number of carbonyl (C=O) groups is 3. The lowest BCUT2D eigenvalue weighted by molar-refractivity contribution is -0.183. The van der Waals surface area contributed by atoms with Crippen molar-refractivity contribution in [2.75, 3.05) is 0 Å². The highest BCUT2D eigenvalue weighted by Crippen LogP contribution is 2.25. The van der Waals surface area contributed by atoms with Crippen LogP contribution in [0.25, 0.3) is 0 Å². The number of nitrogens with two attached hydrogens (primary N) is 1. The molecule has 0 aromatic heterocycles. The Morgan fingerprint density at radius 1 is 1.33 bits per heavy atom. The maximum Gasteiger partial charge on any atom is 0.446 e. The minimum absolute atomic E-state index is 0.0765. The minimum Gasteiger partial charge on any atom is -0.461 e. The van der Waals surface area contributed by atoms with E-state index in [0.717, 1.165) is 5.56 Å². The molecule has 0 unspecified atom stereocenters. The molecular weight excluding hydrogens is 327 g/mol. The van der Waals surface area contributed by atoms with Crippen LogP contribution in [0, 0.1) is 5.92 Å². The van der Waals surface area contributed by atoms with Crippen LogP contribution in [0.3, 0.4) is 0 Å². The first-order valence-corrected chi connectivity index (χ1v) is 7.20. The van der Waals surface area contributed by atoms with Gasteiger partial charge in [0.05, 0.1) is 6.04 Å². The van der Waals surface area contributed by atoms with Crippen molar-refractivity contribution in [3.63, 3.8) is 0 Å². The molecule has 0 aliphatic carbocycles. The Labute approximate surface area is 137 Å². The minimum atomic E-state index is -4.64. The van der Waals surface area contributed by atoms with Crippen molar-refractivity contribution in [3.05, 3.63) is 35.9 Å². The number of halogens is 3. The zero-order valence-corrected chi connectivity index (χ0v) is 13.0. The van der Waals surface area contributed by atoms with Crippen molar-refractivity contribution in [2.45, 2.75) is 38.1 Å². The van der Waals surface area contributed by atoms with Gasteiger partial charge >= 0.3 is 12.1 Å². The van der Waals surface area contributed by atoms with Crippen LogP contribution in [-0.2, 0) is 25.5 Å². The third kappa shape index (κ3) is 6.49. The zero-order valence-electron chi connectivity index (χ0n) is 13.0. The van der Waals surface area contributed by atoms with E-state index in [2.05, 4.69) is 0 Å². The molecule has 0 radical (unpaired) electrons. The molecule has 0 spiro atoms. The Bertz CT molecular complexity index is 574. The second kappa shape index (κ2) is 8.58. The highest BCUT2D eigenvalue weighted by atomic mass is 19.4. The molecule has 1 fully saturated rings. The van der Waals surface area contributed by atoms with E-state index in [1.165, 1.54) is 0 Å². The average Bonchev–Trinajstić information content (AvgIpc) is 2.53. The number of esters is 1. The lowest BCUT2D eigenvalue weighted by Gasteiger charge is -2.32. The summed E-state index contributed by atoms with van der Waals surface area (Å²) in [6.45, 7) is 1.79. The first-order valence-electron chi connectivity index (χ1n) is 7.20. The first kappa shape index (κ1) is 19.8. The van der Waals surface area contributed by atoms with Gasteiger partial charge in [0.2, 0.25) is 6.29 Å². The number of hydrogen-bond donors (Lipinski definition) is 1. The molecule has 1 saturated heterocycles. The fraction of sp³-hybridized carbons (Fsp3) is 0.438. The number of Topliss-reactive ketones (excluding diaryl/α,β-unsaturated/α-hetero) is 1. The van der Waals surface area contributed by atoms with Gasteiger partial charge in [-0.2, -0.15) is 13.2 Å². The third-order valence-corrected chi connectivity index (χ3v) is 3.44. The molecule has 8 heteroatoms. The molecule has 5 nitrogen and oxygen atoms in total. The van der Waals surface area contributed by atoms with Crippen LogP contribution in [0.5, 0.6) is 0 Å². The van der Waals surface area contributed by atoms with Crippen LogP contribution in [0.2, 0.25) is 0 Å². The topological polar surface area (TPSA) is 86.5 Å². The Balaban J connectivity index is 0.000000413. The van der Waals surface area contributed by atoms with E-state index in [-0.39, 0.29) is 30.2 Å². The molecule has 0 amide bonds. The van der Waals surface area contributed by atoms with E-state index in [9.17, 15) is 22.8 Å². The summed E-state index contributed by atoms with van der Waals surface area (Å²) in [6.07, 6.45) is -5.16. The molecule has 0 saturated carbocycles. The SMILES string of the molecule is C[C@H]1OC(=O)[C@H]1CC(=O)[C@@H](N)Cc1ccccc1.O=CC(F)(F)F. The third-order valence-electron chi connectivity index (χ3n) is 3.44. The summed E-state index contributed by atoms with van der Waals surface area (Å²) >= 11 is 0. The highest BCUT2D eigenvalue weighted by Gasteiger charge is 2.40. The van der Waals surface area contributed by atoms with E-state index in [0.29, 0.717) is 6.42 Å². The smallest absolute Gasteiger partial charge is 0.446 e. The molecule has 24 heavy (non-hydrogen) atoms. The maximum absolute atomic E-state index is 11.9. The normalized spacial score (nSPS) is 20.8. The Morgan fingerprint density at radius 2 is 1.88 bits per heavy atom. The predicted molar refractivity (Wildman–Crippen MR) is 78.9 cm³/mol. The number of hydrogen-bond acceptors (Lipinski definition) is 5. The molecule has 1 heterocycles. The second-order valence-electron chi connectivity index (χ2n) is 5.37. The predicted octanol–water partition coefficient (Wildman–Crippen LogP) is 1.82. The van der Waals surface area contributed by atoms with Crippen molar-refractivity contribution in [1.82, 2.24) is 0 Å². The maximum atomic E-state index is 11.9. The Morgan fingerprint density at radius 3 is 2.29 bits per heavy atom. The Hall–Kier alpha value is -2.22. The largest absolute Gasteiger partial charge is 0.461 e. The molecule has 2 N–H and O–H groups in total. The summed E-state index contributed by atoms with van der Waals surface area (Å²) in [5, 5.41) is 0. The molecular formula is C16H18F3NO4. The van der Waals surface area contributed by atoms with Crippen molar-refractivity contribution in [1.29, 1.82) is 0 Å². The Kier molecular flexibility index (Phi) is 7.09. The van der Waals surface area contributed by atoms with Crippen LogP contribution in [0.4, 0.5) is 13.2 Å². The molecule has 2 rings (SSSR count). The number of ketones is 1. The summed E-state index contributed by atoms with van der Waals surface area (Å²) in [6, 6.07) is 9.08. The molecule has 1 aliphatic heterocycles. The molecule has 0 bridgehead atoms. The molecule has 3 atom stereocenters. The van der Waals surface area contributed by atoms with Gasteiger partial charge in [-0.15, -0.1) is 0 Å². The summed E-state index contributed by atoms with van der Waals surface area (Å²) in [5.74, 6) is -0.672. The lowest BCUT2D eigenvalue weighted by atomic mass is 9.89. The van der Waals surface area contributed by atoms with Gasteiger partial charge < -0.3 is 10.5 Å². The first-order chi connectivity index (χ1) is 11.1. The van der Waals surface area contributed by atoms with Gasteiger partial charge in [-0.1, -0.05) is 30.3 Å². The number of ether oxygens (including phenoxy) is 1. The van der Waals surface area contributed by atoms with E-state index >= 15 is 0 Å². The quantitative estimate of drug-likeness (QED) is 0.650. The van der Waals surface area contributed by atoms with E-state index < -0.39 is 18.5 Å². The van der Waals surface area contributed by atoms with Crippen LogP contribution < -0.4 is 5.73 Å². The lowest BCUT2D eigenvalue weighted by Crippen LogP contribution is -2.46. The fourth-order valence-electron chi connectivity index (χ4n) is 2.07. The number of aldehydes is 1. The monoisotopic (exact) mass is 345 g/mol. The number of rotatable bonds is 5. The van der Waals surface area contributed by atoms with Gasteiger partial charge in [-0.3, -0.25) is 14.4 Å². The number of carbonyl (C=O) groups excluding carboxylic acids is 3. The van der Waals surface area contributed by atoms with Gasteiger partial charge in [-0.25, -0.2) is 0 Å². The van der Waals surface area contributed by atoms with Gasteiger partial charge in [0.15, 0.2) is 5.78 Å². The average molecular weight is 345 g/mol. The van der Waals surface area contributed by atoms with Crippen molar-refractivity contribution < 1.29 is 32.3 Å². The van der Waals surface area contributed by atoms with Crippen LogP contribution in [-0.4, -0.2) is 36.4 Å². The number of alkyl halides is 3. The van der Waals surface area contributed by atoms with Gasteiger partial charge in [-0.05, 0) is 18.9 Å². The van der Waals surface area contributed by atoms with Crippen LogP contribution in [0.15, 0.2) is 30.3 Å². The van der Waals surface area contributed by atoms with Gasteiger partial charge in [0, 0.05) is 6.42 Å². The highest BCUT2D eigenvalue weighted by molar-refractivity contribution is 5.90. The van der Waals surface area contributed by atoms with Crippen molar-refractivity contribution >= 4 is 18.0 Å². The molecule has 1 aliphatic rings. The second-order valence-corrected chi connectivity index (χ2v) is 5.37. The van der Waals surface area contributed by atoms with Gasteiger partial charge in [0.1, 0.15) is 12.0 Å². The molecule has 1 aromatic rings. The van der Waals surface area contributed by atoms with E-state index in [1.807, 2.05) is 30.3 Å². The summed E-state index contributed by atoms with van der Waals surface area (Å²) in [7, 11) is 0. The standard InChI is InChI=1S/C14H17NO3.C2HF3O/c1-9-11(14(17)18-9)8-13(16)12(15)7-10-5-3-2-4-6-10;3-2(4,5)1-6/h2-6,9,11-12H,7-8,15H2,1H3;1H/t9-,11+,12+;/m1./s1. The van der Waals surface area contributed by atoms with Crippen LogP contribution >= 0.6 is 0 Å². The van der Waals surface area contributed by atoms with Crippen LogP contribution in [0.1, 0.15) is 18.9 Å². The molecule has 1 aromatic carbocycles. The summed E-state index contributed by atoms with van der Waals surface area (Å²) in [5.41, 5.74) is 6.90. The summed E-state index contributed by atoms with van der Waals surface area (Å²) < 4.78 is 36.1. The summed E-state index contributed by atoms with van der Waals surface area (Å²) in [4.78, 5) is 31.8. The molecule has 132 valence electrons.